The largest absolute Gasteiger partial charge is 0.491 e. The maximum atomic E-state index is 9.33. The van der Waals surface area contributed by atoms with Crippen molar-refractivity contribution in [2.75, 3.05) is 24.7 Å². The number of thioether (sulfide) groups is 2. The highest BCUT2D eigenvalue weighted by Crippen LogP contribution is 2.46. The lowest BCUT2D eigenvalue weighted by Crippen LogP contribution is -2.10. The predicted molar refractivity (Wildman–Crippen MR) is 168 cm³/mol. The number of anilines is 3. The Balaban J connectivity index is 1.48. The number of nitrogens with zero attached hydrogens (tertiary/aromatic N) is 1. The summed E-state index contributed by atoms with van der Waals surface area (Å²) < 4.78 is 5.57. The van der Waals surface area contributed by atoms with Crippen LogP contribution in [-0.2, 0) is 12.2 Å². The molecule has 2 N–H and O–H groups in total. The lowest BCUT2D eigenvalue weighted by Gasteiger charge is -2.26. The monoisotopic (exact) mass is 573 g/mol. The van der Waals surface area contributed by atoms with Crippen molar-refractivity contribution in [3.8, 4) is 16.9 Å². The van der Waals surface area contributed by atoms with E-state index in [9.17, 15) is 5.11 Å². The molecule has 0 unspecified atom stereocenters. The first-order valence-corrected chi connectivity index (χ1v) is 15.5. The molecule has 0 fully saturated rings. The van der Waals surface area contributed by atoms with Gasteiger partial charge in [0.15, 0.2) is 0 Å². The quantitative estimate of drug-likeness (QED) is 0.209. The van der Waals surface area contributed by atoms with E-state index in [0.29, 0.717) is 6.42 Å². The van der Waals surface area contributed by atoms with Crippen molar-refractivity contribution in [2.24, 2.45) is 0 Å². The van der Waals surface area contributed by atoms with E-state index in [-0.39, 0.29) is 19.8 Å². The van der Waals surface area contributed by atoms with Gasteiger partial charge in [-0.2, -0.15) is 0 Å². The molecule has 7 heteroatoms. The fourth-order valence-corrected chi connectivity index (χ4v) is 7.83. The highest BCUT2D eigenvalue weighted by molar-refractivity contribution is 8.04. The topological polar surface area (TPSA) is 52.9 Å². The van der Waals surface area contributed by atoms with Gasteiger partial charge in [-0.05, 0) is 84.0 Å². The summed E-state index contributed by atoms with van der Waals surface area (Å²) in [5.41, 5.74) is 6.61. The molecule has 2 heterocycles. The highest BCUT2D eigenvalue weighted by Gasteiger charge is 2.18. The second-order valence-electron chi connectivity index (χ2n) is 9.10. The molecule has 0 saturated heterocycles. The van der Waals surface area contributed by atoms with E-state index in [2.05, 4.69) is 78.4 Å². The fourth-order valence-electron chi connectivity index (χ4n) is 4.44. The molecule has 39 heavy (non-hydrogen) atoms. The van der Waals surface area contributed by atoms with E-state index in [0.717, 1.165) is 39.0 Å². The molecule has 0 aliphatic carbocycles. The molecular weight excluding hydrogens is 543 g/mol. The molecule has 0 saturated carbocycles. The molecule has 1 aromatic heterocycles. The smallest absolute Gasteiger partial charge is 0.119 e. The third-order valence-electron chi connectivity index (χ3n) is 6.33. The number of aliphatic hydroxyl groups excluding tert-OH is 2. The van der Waals surface area contributed by atoms with Gasteiger partial charge in [0.25, 0.3) is 0 Å². The molecule has 0 bridgehead atoms. The second kappa shape index (κ2) is 12.9. The minimum Gasteiger partial charge on any atom is -0.491 e. The third kappa shape index (κ3) is 6.62. The lowest BCUT2D eigenvalue weighted by molar-refractivity contribution is 0.201. The summed E-state index contributed by atoms with van der Waals surface area (Å²) in [5, 5.41) is 20.7. The van der Waals surface area contributed by atoms with Gasteiger partial charge in [0.05, 0.1) is 6.61 Å². The van der Waals surface area contributed by atoms with Crippen molar-refractivity contribution in [1.29, 1.82) is 0 Å². The number of hydrogen-bond acceptors (Lipinski definition) is 7. The standard InChI is InChI=1S/C32H31NO3S3/c1-22-19-23(2)39-32-30(20-38-31(32)21-37-22)25-5-9-27(10-6-25)33(26-7-3-24(4-8-26)15-16-34)28-11-13-29(14-12-28)36-18-17-35/h3-14,19-20,34-35H,2,15-18,21H2,1H3/b22-19-. The van der Waals surface area contributed by atoms with Crippen molar-refractivity contribution < 1.29 is 14.9 Å². The van der Waals surface area contributed by atoms with Crippen LogP contribution in [0.5, 0.6) is 5.75 Å². The number of rotatable bonds is 9. The van der Waals surface area contributed by atoms with Gasteiger partial charge >= 0.3 is 0 Å². The zero-order chi connectivity index (χ0) is 27.2. The number of aliphatic hydroxyl groups is 2. The molecule has 0 amide bonds. The van der Waals surface area contributed by atoms with Crippen molar-refractivity contribution >= 4 is 51.9 Å². The van der Waals surface area contributed by atoms with Gasteiger partial charge in [-0.15, -0.1) is 23.1 Å². The Morgan fingerprint density at radius 1 is 0.872 bits per heavy atom. The van der Waals surface area contributed by atoms with Crippen LogP contribution in [0.3, 0.4) is 0 Å². The van der Waals surface area contributed by atoms with E-state index in [1.807, 2.05) is 47.4 Å². The normalized spacial score (nSPS) is 14.6. The van der Waals surface area contributed by atoms with Gasteiger partial charge in [0.1, 0.15) is 12.4 Å². The minimum absolute atomic E-state index is 0.0183. The summed E-state index contributed by atoms with van der Waals surface area (Å²) in [4.78, 5) is 7.28. The summed E-state index contributed by atoms with van der Waals surface area (Å²) in [6, 6.07) is 24.9. The zero-order valence-corrected chi connectivity index (χ0v) is 24.2. The van der Waals surface area contributed by atoms with Crippen LogP contribution in [0.15, 0.2) is 106 Å². The maximum absolute atomic E-state index is 9.33. The van der Waals surface area contributed by atoms with E-state index >= 15 is 0 Å². The van der Waals surface area contributed by atoms with Gasteiger partial charge in [-0.3, -0.25) is 0 Å². The fraction of sp³-hybridized carbons (Fsp3) is 0.188. The highest BCUT2D eigenvalue weighted by atomic mass is 32.2. The second-order valence-corrected chi connectivity index (χ2v) is 12.4. The molecule has 4 aromatic rings. The van der Waals surface area contributed by atoms with Crippen LogP contribution in [0, 0.1) is 0 Å². The number of allylic oxidation sites excluding steroid dienone is 2. The van der Waals surface area contributed by atoms with Gasteiger partial charge in [-0.1, -0.05) is 42.6 Å². The lowest BCUT2D eigenvalue weighted by atomic mass is 10.1. The Morgan fingerprint density at radius 2 is 1.51 bits per heavy atom. The molecule has 0 radical (unpaired) electrons. The van der Waals surface area contributed by atoms with Crippen molar-refractivity contribution in [1.82, 2.24) is 0 Å². The molecule has 1 aliphatic heterocycles. The molecule has 4 nitrogen and oxygen atoms in total. The van der Waals surface area contributed by atoms with Crippen LogP contribution in [-0.4, -0.2) is 30.0 Å². The molecule has 0 spiro atoms. The molecule has 1 aliphatic rings. The maximum Gasteiger partial charge on any atom is 0.119 e. The first-order chi connectivity index (χ1) is 19.1. The molecule has 5 rings (SSSR count). The average Bonchev–Trinajstić information content (AvgIpc) is 3.33. The minimum atomic E-state index is -0.0183. The molecule has 3 aromatic carbocycles. The van der Waals surface area contributed by atoms with Crippen LogP contribution >= 0.6 is 34.9 Å². The molecular formula is C32H31NO3S3. The van der Waals surface area contributed by atoms with Gasteiger partial charge in [0.2, 0.25) is 0 Å². The van der Waals surface area contributed by atoms with Crippen molar-refractivity contribution in [3.05, 3.63) is 111 Å². The summed E-state index contributed by atoms with van der Waals surface area (Å²) >= 11 is 5.46. The number of thiophene rings is 1. The number of ether oxygens (including phenoxy) is 1. The Hall–Kier alpha value is -2.94. The van der Waals surface area contributed by atoms with E-state index in [1.165, 1.54) is 25.8 Å². The van der Waals surface area contributed by atoms with Gasteiger partial charge in [-0.25, -0.2) is 0 Å². The summed E-state index contributed by atoms with van der Waals surface area (Å²) in [6.07, 6.45) is 2.81. The predicted octanol–water partition coefficient (Wildman–Crippen LogP) is 8.55. The summed E-state index contributed by atoms with van der Waals surface area (Å²) in [7, 11) is 0. The van der Waals surface area contributed by atoms with Crippen LogP contribution in [0.1, 0.15) is 17.4 Å². The van der Waals surface area contributed by atoms with Crippen molar-refractivity contribution in [3.63, 3.8) is 0 Å². The Labute approximate surface area is 242 Å². The average molecular weight is 574 g/mol. The molecule has 0 atom stereocenters. The van der Waals surface area contributed by atoms with E-state index in [1.54, 1.807) is 11.8 Å². The van der Waals surface area contributed by atoms with Crippen LogP contribution in [0.25, 0.3) is 11.1 Å². The van der Waals surface area contributed by atoms with Crippen molar-refractivity contribution in [2.45, 2.75) is 24.0 Å². The van der Waals surface area contributed by atoms with Gasteiger partial charge < -0.3 is 19.8 Å². The number of benzene rings is 3. The zero-order valence-electron chi connectivity index (χ0n) is 21.8. The van der Waals surface area contributed by atoms with Crippen LogP contribution < -0.4 is 9.64 Å². The Kier molecular flexibility index (Phi) is 9.17. The summed E-state index contributed by atoms with van der Waals surface area (Å²) in [6.45, 7) is 6.79. The van der Waals surface area contributed by atoms with Gasteiger partial charge in [0, 0.05) is 55.0 Å². The number of hydrogen-bond donors (Lipinski definition) is 2. The SMILES string of the molecule is C=C1/C=C(/C)SCc2scc(-c3ccc(N(c4ccc(CCO)cc4)c4ccc(OCCO)cc4)cc3)c2S1. The summed E-state index contributed by atoms with van der Waals surface area (Å²) in [5.74, 6) is 1.70. The van der Waals surface area contributed by atoms with Crippen LogP contribution in [0.4, 0.5) is 17.1 Å². The Morgan fingerprint density at radius 3 is 2.15 bits per heavy atom. The van der Waals surface area contributed by atoms with E-state index in [4.69, 9.17) is 9.84 Å². The van der Waals surface area contributed by atoms with Crippen LogP contribution in [0.2, 0.25) is 0 Å². The first-order valence-electron chi connectivity index (χ1n) is 12.8. The third-order valence-corrected chi connectivity index (χ3v) is 9.69. The first kappa shape index (κ1) is 27.6. The Bertz CT molecular complexity index is 1440. The van der Waals surface area contributed by atoms with E-state index < -0.39 is 0 Å². The molecule has 200 valence electrons. The number of fused-ring (bicyclic) bond motifs is 1.